The lowest BCUT2D eigenvalue weighted by atomic mass is 9.87. The molecule has 0 spiro atoms. The highest BCUT2D eigenvalue weighted by Gasteiger charge is 2.26. The maximum absolute atomic E-state index is 12.1. The number of benzene rings is 2. The molecule has 4 rings (SSSR count). The summed E-state index contributed by atoms with van der Waals surface area (Å²) >= 11 is 0. The second kappa shape index (κ2) is 4.09. The Morgan fingerprint density at radius 2 is 1.81 bits per heavy atom. The Morgan fingerprint density at radius 3 is 2.67 bits per heavy atom. The van der Waals surface area contributed by atoms with Gasteiger partial charge in [-0.25, -0.2) is 4.79 Å². The number of nitrogens with one attached hydrogen (secondary N) is 3. The number of rotatable bonds is 0. The maximum Gasteiger partial charge on any atom is 0.327 e. The van der Waals surface area contributed by atoms with Gasteiger partial charge < -0.3 is 5.32 Å². The zero-order chi connectivity index (χ0) is 14.6. The molecule has 1 aliphatic heterocycles. The van der Waals surface area contributed by atoms with E-state index in [0.29, 0.717) is 11.4 Å². The summed E-state index contributed by atoms with van der Waals surface area (Å²) in [7, 11) is 0. The first kappa shape index (κ1) is 12.0. The van der Waals surface area contributed by atoms with Crippen LogP contribution >= 0.6 is 0 Å². The van der Waals surface area contributed by atoms with E-state index in [1.54, 1.807) is 0 Å². The quantitative estimate of drug-likeness (QED) is 0.591. The van der Waals surface area contributed by atoms with Crippen LogP contribution in [0.15, 0.2) is 46.0 Å². The van der Waals surface area contributed by atoms with E-state index in [0.717, 1.165) is 22.0 Å². The Hall–Kier alpha value is -2.82. The van der Waals surface area contributed by atoms with Crippen LogP contribution in [0, 0.1) is 0 Å². The van der Waals surface area contributed by atoms with Crippen molar-refractivity contribution in [1.82, 2.24) is 9.97 Å². The third-order valence-electron chi connectivity index (χ3n) is 4.09. The largest absolute Gasteiger partial charge is 0.341 e. The Kier molecular flexibility index (Phi) is 2.33. The summed E-state index contributed by atoms with van der Waals surface area (Å²) in [5, 5.41) is 5.41. The predicted octanol–water partition coefficient (Wildman–Crippen LogP) is 2.43. The van der Waals surface area contributed by atoms with E-state index >= 15 is 0 Å². The molecular weight excluding hydrogens is 266 g/mol. The molecule has 1 atom stereocenters. The highest BCUT2D eigenvalue weighted by molar-refractivity contribution is 5.98. The molecule has 5 nitrogen and oxygen atoms in total. The molecule has 0 radical (unpaired) electrons. The molecule has 0 fully saturated rings. The molecule has 3 aromatic rings. The molecule has 21 heavy (non-hydrogen) atoms. The summed E-state index contributed by atoms with van der Waals surface area (Å²) in [5.74, 6) is 0.404. The fourth-order valence-corrected chi connectivity index (χ4v) is 3.08. The van der Waals surface area contributed by atoms with Gasteiger partial charge in [-0.05, 0) is 10.9 Å². The van der Waals surface area contributed by atoms with Crippen molar-refractivity contribution in [1.29, 1.82) is 0 Å². The summed E-state index contributed by atoms with van der Waals surface area (Å²) < 4.78 is 0. The van der Waals surface area contributed by atoms with Crippen molar-refractivity contribution >= 4 is 22.3 Å². The van der Waals surface area contributed by atoms with Crippen molar-refractivity contribution in [3.63, 3.8) is 0 Å². The SMILES string of the molecule is CC1c2ccc3ccccc3c2Nc2[nH]c(=O)[nH]c(=O)c21. The van der Waals surface area contributed by atoms with Crippen molar-refractivity contribution in [2.75, 3.05) is 5.32 Å². The van der Waals surface area contributed by atoms with E-state index in [1.165, 1.54) is 0 Å². The molecule has 2 aromatic carbocycles. The van der Waals surface area contributed by atoms with Gasteiger partial charge >= 0.3 is 5.69 Å². The van der Waals surface area contributed by atoms with Crippen molar-refractivity contribution in [3.8, 4) is 0 Å². The van der Waals surface area contributed by atoms with E-state index in [-0.39, 0.29) is 11.5 Å². The monoisotopic (exact) mass is 279 g/mol. The van der Waals surface area contributed by atoms with Gasteiger partial charge in [-0.1, -0.05) is 43.3 Å². The van der Waals surface area contributed by atoms with Gasteiger partial charge in [0.1, 0.15) is 5.82 Å². The average Bonchev–Trinajstić information content (AvgIpc) is 2.46. The molecule has 2 heterocycles. The summed E-state index contributed by atoms with van der Waals surface area (Å²) in [6, 6.07) is 12.1. The number of aromatic nitrogens is 2. The lowest BCUT2D eigenvalue weighted by Crippen LogP contribution is -2.30. The Labute approximate surface area is 119 Å². The van der Waals surface area contributed by atoms with Crippen LogP contribution < -0.4 is 16.6 Å². The van der Waals surface area contributed by atoms with Gasteiger partial charge in [0.15, 0.2) is 0 Å². The summed E-state index contributed by atoms with van der Waals surface area (Å²) in [6.45, 7) is 1.97. The minimum atomic E-state index is -0.498. The van der Waals surface area contributed by atoms with Crippen LogP contribution in [0.25, 0.3) is 10.8 Å². The summed E-state index contributed by atoms with van der Waals surface area (Å²) in [6.07, 6.45) is 0. The number of H-pyrrole nitrogens is 2. The number of fused-ring (bicyclic) bond motifs is 4. The second-order valence-electron chi connectivity index (χ2n) is 5.29. The molecule has 1 aliphatic rings. The summed E-state index contributed by atoms with van der Waals surface area (Å²) in [5.41, 5.74) is 1.74. The van der Waals surface area contributed by atoms with Gasteiger partial charge in [0.25, 0.3) is 5.56 Å². The van der Waals surface area contributed by atoms with Crippen LogP contribution in [0.4, 0.5) is 11.5 Å². The zero-order valence-corrected chi connectivity index (χ0v) is 11.4. The smallest absolute Gasteiger partial charge is 0.327 e. The van der Waals surface area contributed by atoms with Crippen LogP contribution in [0.3, 0.4) is 0 Å². The van der Waals surface area contributed by atoms with Crippen molar-refractivity contribution in [2.45, 2.75) is 12.8 Å². The number of anilines is 2. The fraction of sp³-hybridized carbons (Fsp3) is 0.125. The van der Waals surface area contributed by atoms with Crippen LogP contribution in [-0.4, -0.2) is 9.97 Å². The van der Waals surface area contributed by atoms with E-state index < -0.39 is 5.69 Å². The van der Waals surface area contributed by atoms with Crippen LogP contribution in [0.2, 0.25) is 0 Å². The van der Waals surface area contributed by atoms with Gasteiger partial charge in [-0.3, -0.25) is 14.8 Å². The molecular formula is C16H13N3O2. The lowest BCUT2D eigenvalue weighted by molar-refractivity contribution is 0.854. The summed E-state index contributed by atoms with van der Waals surface area (Å²) in [4.78, 5) is 28.5. The normalized spacial score (nSPS) is 16.1. The Morgan fingerprint density at radius 1 is 1.00 bits per heavy atom. The maximum atomic E-state index is 12.1. The first-order chi connectivity index (χ1) is 10.1. The van der Waals surface area contributed by atoms with Gasteiger partial charge in [0, 0.05) is 11.3 Å². The fourth-order valence-electron chi connectivity index (χ4n) is 3.08. The number of hydrogen-bond acceptors (Lipinski definition) is 3. The zero-order valence-electron chi connectivity index (χ0n) is 11.4. The molecule has 1 unspecified atom stereocenters. The van der Waals surface area contributed by atoms with Crippen LogP contribution in [-0.2, 0) is 0 Å². The van der Waals surface area contributed by atoms with Crippen molar-refractivity contribution < 1.29 is 0 Å². The lowest BCUT2D eigenvalue weighted by Gasteiger charge is -2.26. The molecule has 3 N–H and O–H groups in total. The van der Waals surface area contributed by atoms with E-state index in [1.807, 2.05) is 37.3 Å². The number of hydrogen-bond donors (Lipinski definition) is 3. The van der Waals surface area contributed by atoms with Crippen molar-refractivity contribution in [2.24, 2.45) is 0 Å². The Balaban J connectivity index is 2.06. The third kappa shape index (κ3) is 1.64. The van der Waals surface area contributed by atoms with Gasteiger partial charge in [-0.15, -0.1) is 0 Å². The third-order valence-corrected chi connectivity index (χ3v) is 4.09. The minimum Gasteiger partial charge on any atom is -0.341 e. The molecule has 0 saturated heterocycles. The second-order valence-corrected chi connectivity index (χ2v) is 5.29. The van der Waals surface area contributed by atoms with E-state index in [9.17, 15) is 9.59 Å². The molecule has 104 valence electrons. The first-order valence-electron chi connectivity index (χ1n) is 6.80. The molecule has 0 saturated carbocycles. The minimum absolute atomic E-state index is 0.0820. The van der Waals surface area contributed by atoms with E-state index in [2.05, 4.69) is 21.4 Å². The highest BCUT2D eigenvalue weighted by Crippen LogP contribution is 2.41. The van der Waals surface area contributed by atoms with Crippen LogP contribution in [0.1, 0.15) is 24.0 Å². The van der Waals surface area contributed by atoms with Gasteiger partial charge in [-0.2, -0.15) is 0 Å². The topological polar surface area (TPSA) is 77.8 Å². The first-order valence-corrected chi connectivity index (χ1v) is 6.80. The van der Waals surface area contributed by atoms with Crippen molar-refractivity contribution in [3.05, 3.63) is 68.4 Å². The van der Waals surface area contributed by atoms with E-state index in [4.69, 9.17) is 0 Å². The van der Waals surface area contributed by atoms with Gasteiger partial charge in [0.2, 0.25) is 0 Å². The average molecular weight is 279 g/mol. The standard InChI is InChI=1S/C16H13N3O2/c1-8-10-7-6-9-4-2-3-5-11(9)13(10)17-14-12(8)15(20)19-16(21)18-14/h2-8H,1H3,(H3,17,18,19,20,21). The molecule has 5 heteroatoms. The Bertz CT molecular complexity index is 985. The molecule has 0 bridgehead atoms. The highest BCUT2D eigenvalue weighted by atomic mass is 16.2. The predicted molar refractivity (Wildman–Crippen MR) is 82.4 cm³/mol. The molecule has 0 aliphatic carbocycles. The molecule has 0 amide bonds. The van der Waals surface area contributed by atoms with Crippen LogP contribution in [0.5, 0.6) is 0 Å². The van der Waals surface area contributed by atoms with Gasteiger partial charge in [0.05, 0.1) is 11.3 Å². The number of aromatic amines is 2. The molecule has 1 aromatic heterocycles.